The van der Waals surface area contributed by atoms with Crippen molar-refractivity contribution < 1.29 is 32.3 Å². The number of carbonyl (C=O) groups is 3. The first-order chi connectivity index (χ1) is 16.1. The third kappa shape index (κ3) is 4.79. The molecule has 172 valence electrons. The molecule has 0 spiro atoms. The number of amides is 2. The monoisotopic (exact) mass is 486 g/mol. The normalized spacial score (nSPS) is 14.9. The van der Waals surface area contributed by atoms with E-state index in [1.165, 1.54) is 30.3 Å². The van der Waals surface area contributed by atoms with Crippen LogP contribution in [0.3, 0.4) is 0 Å². The lowest BCUT2D eigenvalue weighted by atomic mass is 10.1. The van der Waals surface area contributed by atoms with Gasteiger partial charge in [0, 0.05) is 10.6 Å². The maximum Gasteiger partial charge on any atom is 0.416 e. The van der Waals surface area contributed by atoms with E-state index < -0.39 is 29.5 Å². The first kappa shape index (κ1) is 23.1. The molecule has 34 heavy (non-hydrogen) atoms. The molecule has 1 fully saturated rings. The van der Waals surface area contributed by atoms with Gasteiger partial charge < -0.3 is 4.74 Å². The number of carbonyl (C=O) groups excluding carboxylic acids is 3. The number of rotatable bonds is 4. The molecular formula is C24H14ClF3N2O4. The van der Waals surface area contributed by atoms with Crippen LogP contribution in [0.25, 0.3) is 6.08 Å². The number of anilines is 1. The molecule has 6 nitrogen and oxygen atoms in total. The molecule has 4 rings (SSSR count). The minimum absolute atomic E-state index is 0.0990. The number of esters is 1. The van der Waals surface area contributed by atoms with Gasteiger partial charge in [0.2, 0.25) is 0 Å². The van der Waals surface area contributed by atoms with Crippen LogP contribution in [0.4, 0.5) is 18.9 Å². The van der Waals surface area contributed by atoms with Gasteiger partial charge in [0.25, 0.3) is 11.8 Å². The Morgan fingerprint density at radius 2 is 1.71 bits per heavy atom. The van der Waals surface area contributed by atoms with Crippen LogP contribution < -0.4 is 15.2 Å². The van der Waals surface area contributed by atoms with Crippen LogP contribution in [0, 0.1) is 0 Å². The van der Waals surface area contributed by atoms with Crippen LogP contribution in [-0.2, 0) is 15.8 Å². The van der Waals surface area contributed by atoms with Crippen LogP contribution in [0.5, 0.6) is 5.75 Å². The molecule has 1 saturated heterocycles. The molecule has 1 aliphatic rings. The van der Waals surface area contributed by atoms with E-state index in [9.17, 15) is 27.6 Å². The van der Waals surface area contributed by atoms with Gasteiger partial charge in [-0.05, 0) is 54.6 Å². The lowest BCUT2D eigenvalue weighted by Crippen LogP contribution is -2.35. The average molecular weight is 487 g/mol. The summed E-state index contributed by atoms with van der Waals surface area (Å²) >= 11 is 6.03. The second-order valence-corrected chi connectivity index (χ2v) is 7.56. The maximum atomic E-state index is 13.0. The van der Waals surface area contributed by atoms with E-state index in [2.05, 4.69) is 5.43 Å². The van der Waals surface area contributed by atoms with Crippen molar-refractivity contribution >= 4 is 41.1 Å². The van der Waals surface area contributed by atoms with Crippen LogP contribution in [-0.4, -0.2) is 17.8 Å². The summed E-state index contributed by atoms with van der Waals surface area (Å²) < 4.78 is 44.2. The molecular weight excluding hydrogens is 473 g/mol. The number of ether oxygens (including phenoxy) is 1. The molecule has 1 aliphatic heterocycles. The first-order valence-electron chi connectivity index (χ1n) is 9.74. The fourth-order valence-corrected chi connectivity index (χ4v) is 3.36. The molecule has 2 amide bonds. The van der Waals surface area contributed by atoms with E-state index >= 15 is 0 Å². The van der Waals surface area contributed by atoms with Crippen molar-refractivity contribution in [2.45, 2.75) is 6.18 Å². The number of halogens is 4. The Bertz CT molecular complexity index is 1320. The van der Waals surface area contributed by atoms with E-state index in [0.717, 1.165) is 17.1 Å². The van der Waals surface area contributed by atoms with Gasteiger partial charge in [0.05, 0.1) is 16.8 Å². The zero-order valence-electron chi connectivity index (χ0n) is 17.1. The SMILES string of the molecule is O=C1NN(c2ccccc2)C(=O)/C1=C\c1cc(Cl)ccc1OC(=O)c1cccc(C(F)(F)F)c1. The lowest BCUT2D eigenvalue weighted by Gasteiger charge is -2.14. The highest BCUT2D eigenvalue weighted by molar-refractivity contribution is 6.32. The van der Waals surface area contributed by atoms with E-state index in [1.807, 2.05) is 0 Å². The number of benzene rings is 3. The van der Waals surface area contributed by atoms with Gasteiger partial charge in [-0.3, -0.25) is 15.0 Å². The largest absolute Gasteiger partial charge is 0.422 e. The predicted molar refractivity (Wildman–Crippen MR) is 118 cm³/mol. The van der Waals surface area contributed by atoms with E-state index in [0.29, 0.717) is 11.8 Å². The Kier molecular flexibility index (Phi) is 6.12. The fourth-order valence-electron chi connectivity index (χ4n) is 3.18. The molecule has 0 aromatic heterocycles. The maximum absolute atomic E-state index is 13.0. The minimum Gasteiger partial charge on any atom is -0.422 e. The zero-order valence-corrected chi connectivity index (χ0v) is 17.9. The summed E-state index contributed by atoms with van der Waals surface area (Å²) in [5.41, 5.74) is 1.41. The highest BCUT2D eigenvalue weighted by Gasteiger charge is 2.35. The molecule has 0 aliphatic carbocycles. The Balaban J connectivity index is 1.65. The van der Waals surface area contributed by atoms with Gasteiger partial charge >= 0.3 is 12.1 Å². The number of hydrazine groups is 1. The Morgan fingerprint density at radius 3 is 2.41 bits per heavy atom. The van der Waals surface area contributed by atoms with Crippen molar-refractivity contribution in [3.05, 3.63) is 100 Å². The number of hydrogen-bond acceptors (Lipinski definition) is 4. The first-order valence-corrected chi connectivity index (χ1v) is 10.1. The van der Waals surface area contributed by atoms with E-state index in [-0.39, 0.29) is 27.5 Å². The topological polar surface area (TPSA) is 75.7 Å². The van der Waals surface area contributed by atoms with Gasteiger partial charge in [-0.15, -0.1) is 0 Å². The molecule has 0 bridgehead atoms. The smallest absolute Gasteiger partial charge is 0.416 e. The second-order valence-electron chi connectivity index (χ2n) is 7.13. The molecule has 10 heteroatoms. The quantitative estimate of drug-likeness (QED) is 0.243. The van der Waals surface area contributed by atoms with E-state index in [4.69, 9.17) is 16.3 Å². The van der Waals surface area contributed by atoms with Gasteiger partial charge in [-0.25, -0.2) is 9.80 Å². The Labute approximate surface area is 196 Å². The standard InChI is InChI=1S/C24H14ClF3N2O4/c25-17-9-10-20(34-23(33)14-5-4-6-16(11-14)24(26,27)28)15(12-17)13-19-21(31)29-30(22(19)32)18-7-2-1-3-8-18/h1-13H,(H,29,31)/b19-13-. The summed E-state index contributed by atoms with van der Waals surface area (Å²) in [6, 6.07) is 16.2. The lowest BCUT2D eigenvalue weighted by molar-refractivity contribution is -0.137. The van der Waals surface area contributed by atoms with Gasteiger partial charge in [0.1, 0.15) is 11.3 Å². The zero-order chi connectivity index (χ0) is 24.5. The van der Waals surface area contributed by atoms with Crippen molar-refractivity contribution in [2.24, 2.45) is 0 Å². The number of alkyl halides is 3. The van der Waals surface area contributed by atoms with Crippen molar-refractivity contribution in [1.82, 2.24) is 5.43 Å². The summed E-state index contributed by atoms with van der Waals surface area (Å²) in [5.74, 6) is -2.49. The minimum atomic E-state index is -4.63. The Hall–Kier alpha value is -4.11. The highest BCUT2D eigenvalue weighted by Crippen LogP contribution is 2.31. The summed E-state index contributed by atoms with van der Waals surface area (Å²) in [7, 11) is 0. The van der Waals surface area contributed by atoms with Gasteiger partial charge in [-0.2, -0.15) is 13.2 Å². The van der Waals surface area contributed by atoms with Crippen LogP contribution in [0.15, 0.2) is 78.4 Å². The van der Waals surface area contributed by atoms with Gasteiger partial charge in [0.15, 0.2) is 0 Å². The summed E-state index contributed by atoms with van der Waals surface area (Å²) in [6.07, 6.45) is -3.44. The van der Waals surface area contributed by atoms with Crippen molar-refractivity contribution in [1.29, 1.82) is 0 Å². The second kappa shape index (κ2) is 9.03. The average Bonchev–Trinajstić information content (AvgIpc) is 3.09. The fraction of sp³-hybridized carbons (Fsp3) is 0.0417. The Morgan fingerprint density at radius 1 is 0.971 bits per heavy atom. The van der Waals surface area contributed by atoms with Crippen LogP contribution in [0.1, 0.15) is 21.5 Å². The third-order valence-electron chi connectivity index (χ3n) is 4.81. The summed E-state index contributed by atoms with van der Waals surface area (Å²) in [6.45, 7) is 0. The van der Waals surface area contributed by atoms with Crippen LogP contribution >= 0.6 is 11.6 Å². The van der Waals surface area contributed by atoms with Crippen molar-refractivity contribution in [3.63, 3.8) is 0 Å². The molecule has 1 heterocycles. The number of nitrogens with zero attached hydrogens (tertiary/aromatic N) is 1. The molecule has 1 N–H and O–H groups in total. The summed E-state index contributed by atoms with van der Waals surface area (Å²) in [4.78, 5) is 37.8. The molecule has 3 aromatic carbocycles. The number of hydrogen-bond donors (Lipinski definition) is 1. The van der Waals surface area contributed by atoms with Crippen LogP contribution in [0.2, 0.25) is 5.02 Å². The van der Waals surface area contributed by atoms with Crippen molar-refractivity contribution in [2.75, 3.05) is 5.01 Å². The third-order valence-corrected chi connectivity index (χ3v) is 5.04. The molecule has 0 saturated carbocycles. The van der Waals surface area contributed by atoms with Crippen molar-refractivity contribution in [3.8, 4) is 5.75 Å². The molecule has 0 radical (unpaired) electrons. The molecule has 0 unspecified atom stereocenters. The number of para-hydroxylation sites is 1. The molecule has 3 aromatic rings. The predicted octanol–water partition coefficient (Wildman–Crippen LogP) is 5.04. The van der Waals surface area contributed by atoms with Gasteiger partial charge in [-0.1, -0.05) is 35.9 Å². The highest BCUT2D eigenvalue weighted by atomic mass is 35.5. The summed E-state index contributed by atoms with van der Waals surface area (Å²) in [5, 5.41) is 1.28. The number of nitrogens with one attached hydrogen (secondary N) is 1. The van der Waals surface area contributed by atoms with E-state index in [1.54, 1.807) is 30.3 Å². The molecule has 0 atom stereocenters.